The Kier molecular flexibility index (Phi) is 18.8. The molecule has 30 heavy (non-hydrogen) atoms. The fourth-order valence-electron chi connectivity index (χ4n) is 4.01. The number of imidazole rings is 1. The average Bonchev–Trinajstić information content (AvgIpc) is 3.16. The van der Waals surface area contributed by atoms with Crippen molar-refractivity contribution in [3.63, 3.8) is 0 Å². The van der Waals surface area contributed by atoms with Gasteiger partial charge in [-0.25, -0.2) is 9.13 Å². The van der Waals surface area contributed by atoms with Crippen LogP contribution in [0.25, 0.3) is 0 Å². The van der Waals surface area contributed by atoms with E-state index >= 15 is 0 Å². The molecule has 0 aliphatic rings. The maximum atomic E-state index is 5.65. The molecule has 1 aromatic heterocycles. The Labute approximate surface area is 192 Å². The average molecular weight is 440 g/mol. The summed E-state index contributed by atoms with van der Waals surface area (Å²) < 4.78 is 9.94. The molecule has 0 saturated carbocycles. The summed E-state index contributed by atoms with van der Waals surface area (Å²) in [5.74, 6) is 2.37. The number of unbranched alkanes of at least 4 members (excludes halogenated alkanes) is 15. The van der Waals surface area contributed by atoms with Crippen LogP contribution in [-0.2, 0) is 18.3 Å². The smallest absolute Gasteiger partial charge is 0.243 e. The summed E-state index contributed by atoms with van der Waals surface area (Å²) in [5, 5.41) is 0. The first kappa shape index (κ1) is 27.6. The molecule has 1 aromatic rings. The highest BCUT2D eigenvalue weighted by Crippen LogP contribution is 2.15. The molecule has 0 bridgehead atoms. The zero-order valence-corrected chi connectivity index (χ0v) is 21.3. The molecule has 0 spiro atoms. The van der Waals surface area contributed by atoms with Crippen molar-refractivity contribution >= 4 is 11.8 Å². The zero-order valence-electron chi connectivity index (χ0n) is 20.5. The van der Waals surface area contributed by atoms with Crippen LogP contribution in [0.2, 0.25) is 0 Å². The summed E-state index contributed by atoms with van der Waals surface area (Å²) >= 11 is 2.05. The number of ether oxygens (including phenoxy) is 1. The van der Waals surface area contributed by atoms with E-state index in [0.717, 1.165) is 12.3 Å². The maximum absolute atomic E-state index is 5.65. The second-order valence-corrected chi connectivity index (χ2v) is 10.2. The third-order valence-corrected chi connectivity index (χ3v) is 7.20. The summed E-state index contributed by atoms with van der Waals surface area (Å²) in [7, 11) is 3.90. The largest absolute Gasteiger partial charge is 0.376 e. The van der Waals surface area contributed by atoms with E-state index in [-0.39, 0.29) is 0 Å². The van der Waals surface area contributed by atoms with Crippen LogP contribution in [-0.4, -0.2) is 29.3 Å². The first-order chi connectivity index (χ1) is 14.8. The van der Waals surface area contributed by atoms with Gasteiger partial charge in [-0.3, -0.25) is 0 Å². The van der Waals surface area contributed by atoms with Gasteiger partial charge in [0.05, 0.1) is 7.05 Å². The molecule has 4 heteroatoms. The number of methoxy groups -OCH3 is 1. The van der Waals surface area contributed by atoms with Gasteiger partial charge in [0, 0.05) is 12.9 Å². The van der Waals surface area contributed by atoms with Crippen molar-refractivity contribution in [1.29, 1.82) is 0 Å². The van der Waals surface area contributed by atoms with Crippen molar-refractivity contribution < 1.29 is 9.30 Å². The van der Waals surface area contributed by atoms with E-state index in [9.17, 15) is 0 Å². The van der Waals surface area contributed by atoms with Crippen molar-refractivity contribution in [2.75, 3.05) is 18.6 Å². The highest BCUT2D eigenvalue weighted by Gasteiger charge is 2.12. The quantitative estimate of drug-likeness (QED) is 0.139. The van der Waals surface area contributed by atoms with Crippen LogP contribution >= 0.6 is 11.8 Å². The van der Waals surface area contributed by atoms with Crippen LogP contribution in [0.1, 0.15) is 110 Å². The van der Waals surface area contributed by atoms with Gasteiger partial charge < -0.3 is 4.74 Å². The minimum atomic E-state index is 0.309. The first-order valence-corrected chi connectivity index (χ1v) is 14.0. The fraction of sp³-hybridized carbons (Fsp3) is 0.885. The number of aryl methyl sites for hydroxylation is 1. The lowest BCUT2D eigenvalue weighted by molar-refractivity contribution is -0.671. The Hall–Kier alpha value is -0.480. The van der Waals surface area contributed by atoms with Gasteiger partial charge in [-0.1, -0.05) is 103 Å². The van der Waals surface area contributed by atoms with Gasteiger partial charge in [-0.05, 0) is 12.2 Å². The molecule has 0 saturated heterocycles. The summed E-state index contributed by atoms with van der Waals surface area (Å²) in [6, 6.07) is 0. The van der Waals surface area contributed by atoms with Crippen LogP contribution in [0.5, 0.6) is 0 Å². The fourth-order valence-corrected chi connectivity index (χ4v) is 5.09. The van der Waals surface area contributed by atoms with Crippen molar-refractivity contribution in [2.24, 2.45) is 7.05 Å². The minimum Gasteiger partial charge on any atom is -0.376 e. The molecule has 0 radical (unpaired) electrons. The normalized spacial score (nSPS) is 12.5. The van der Waals surface area contributed by atoms with Crippen molar-refractivity contribution in [1.82, 2.24) is 4.57 Å². The van der Waals surface area contributed by atoms with Crippen molar-refractivity contribution in [2.45, 2.75) is 122 Å². The highest BCUT2D eigenvalue weighted by molar-refractivity contribution is 7.99. The third kappa shape index (κ3) is 16.2. The predicted octanol–water partition coefficient (Wildman–Crippen LogP) is 7.32. The predicted molar refractivity (Wildman–Crippen MR) is 133 cm³/mol. The van der Waals surface area contributed by atoms with E-state index in [1.807, 2.05) is 7.11 Å². The van der Waals surface area contributed by atoms with Gasteiger partial charge in [0.15, 0.2) is 0 Å². The third-order valence-electron chi connectivity index (χ3n) is 6.02. The molecule has 1 unspecified atom stereocenters. The monoisotopic (exact) mass is 439 g/mol. The molecule has 0 N–H and O–H groups in total. The number of thioether (sulfide) groups is 1. The topological polar surface area (TPSA) is 18.0 Å². The molecule has 0 aromatic carbocycles. The summed E-state index contributed by atoms with van der Waals surface area (Å²) in [6.07, 6.45) is 29.7. The Morgan fingerprint density at radius 3 is 1.73 bits per heavy atom. The van der Waals surface area contributed by atoms with E-state index in [1.165, 1.54) is 108 Å². The SMILES string of the molecule is CCCCCCCCCCCCCCCCCCSCC(Cn1cc[n+](C)c1)OC. The Morgan fingerprint density at radius 1 is 0.800 bits per heavy atom. The molecule has 0 aliphatic carbocycles. The summed E-state index contributed by atoms with van der Waals surface area (Å²) in [5.41, 5.74) is 0. The van der Waals surface area contributed by atoms with E-state index in [4.69, 9.17) is 4.74 Å². The van der Waals surface area contributed by atoms with E-state index in [2.05, 4.69) is 53.6 Å². The molecule has 1 rings (SSSR count). The summed E-state index contributed by atoms with van der Waals surface area (Å²) in [6.45, 7) is 3.24. The lowest BCUT2D eigenvalue weighted by Gasteiger charge is -2.12. The van der Waals surface area contributed by atoms with Gasteiger partial charge in [0.2, 0.25) is 6.33 Å². The molecule has 3 nitrogen and oxygen atoms in total. The molecular weight excluding hydrogens is 388 g/mol. The van der Waals surface area contributed by atoms with Crippen molar-refractivity contribution in [3.05, 3.63) is 18.7 Å². The van der Waals surface area contributed by atoms with Gasteiger partial charge >= 0.3 is 0 Å². The van der Waals surface area contributed by atoms with Crippen LogP contribution in [0.3, 0.4) is 0 Å². The highest BCUT2D eigenvalue weighted by atomic mass is 32.2. The second-order valence-electron chi connectivity index (χ2n) is 9.01. The first-order valence-electron chi connectivity index (χ1n) is 12.9. The Bertz CT molecular complexity index is 477. The number of aromatic nitrogens is 2. The summed E-state index contributed by atoms with van der Waals surface area (Å²) in [4.78, 5) is 0. The van der Waals surface area contributed by atoms with E-state index in [1.54, 1.807) is 0 Å². The van der Waals surface area contributed by atoms with Gasteiger partial charge in [0.1, 0.15) is 25.0 Å². The minimum absolute atomic E-state index is 0.309. The van der Waals surface area contributed by atoms with Crippen LogP contribution in [0.4, 0.5) is 0 Å². The maximum Gasteiger partial charge on any atom is 0.243 e. The molecule has 0 aliphatic heterocycles. The molecule has 0 fully saturated rings. The zero-order chi connectivity index (χ0) is 21.7. The molecule has 0 amide bonds. The number of hydrogen-bond donors (Lipinski definition) is 0. The number of hydrogen-bond acceptors (Lipinski definition) is 2. The van der Waals surface area contributed by atoms with Gasteiger partial charge in [-0.15, -0.1) is 0 Å². The number of nitrogens with zero attached hydrogens (tertiary/aromatic N) is 2. The van der Waals surface area contributed by atoms with Crippen molar-refractivity contribution in [3.8, 4) is 0 Å². The van der Waals surface area contributed by atoms with E-state index < -0.39 is 0 Å². The van der Waals surface area contributed by atoms with Gasteiger partial charge in [0.25, 0.3) is 0 Å². The molecule has 176 valence electrons. The molecule has 1 atom stereocenters. The van der Waals surface area contributed by atoms with Crippen LogP contribution in [0.15, 0.2) is 18.7 Å². The lowest BCUT2D eigenvalue weighted by Crippen LogP contribution is -2.26. The van der Waals surface area contributed by atoms with Gasteiger partial charge in [-0.2, -0.15) is 11.8 Å². The Morgan fingerprint density at radius 2 is 1.30 bits per heavy atom. The Balaban J connectivity index is 1.78. The van der Waals surface area contributed by atoms with Crippen LogP contribution in [0, 0.1) is 0 Å². The second kappa shape index (κ2) is 20.4. The van der Waals surface area contributed by atoms with E-state index in [0.29, 0.717) is 6.10 Å². The lowest BCUT2D eigenvalue weighted by atomic mass is 10.0. The van der Waals surface area contributed by atoms with Crippen LogP contribution < -0.4 is 4.57 Å². The molecular formula is C26H51N2OS+. The molecule has 1 heterocycles. The standard InChI is InChI=1S/C26H51N2OS/c1-4-5-6-7-8-9-10-11-12-13-14-15-16-17-18-19-22-30-24-26(29-3)23-28-21-20-27(2)25-28/h20-21,25-26H,4-19,22-24H2,1-3H3/q+1. The number of rotatable bonds is 22.